The maximum Gasteiger partial charge on any atom is 0.318 e. The van der Waals surface area contributed by atoms with E-state index >= 15 is 0 Å². The maximum atomic E-state index is 11.9. The Hall–Kier alpha value is -1.88. The molecule has 3 amide bonds. The molecule has 1 atom stereocenters. The van der Waals surface area contributed by atoms with Crippen molar-refractivity contribution in [2.75, 3.05) is 6.54 Å². The first-order valence-electron chi connectivity index (χ1n) is 6.03. The van der Waals surface area contributed by atoms with Crippen molar-refractivity contribution in [1.29, 1.82) is 0 Å². The van der Waals surface area contributed by atoms with E-state index in [4.69, 9.17) is 5.73 Å². The van der Waals surface area contributed by atoms with Crippen LogP contribution in [0, 0.1) is 0 Å². The number of benzene rings is 1. The number of primary amides is 1. The Balaban J connectivity index is 2.75. The molecule has 0 aliphatic rings. The van der Waals surface area contributed by atoms with E-state index in [1.165, 1.54) is 0 Å². The molecule has 0 bridgehead atoms. The molecule has 0 heterocycles. The fraction of sp³-hybridized carbons (Fsp3) is 0.385. The van der Waals surface area contributed by atoms with Crippen molar-refractivity contribution in [1.82, 2.24) is 10.6 Å². The zero-order chi connectivity index (χ0) is 13.4. The van der Waals surface area contributed by atoms with Crippen LogP contribution in [0.15, 0.2) is 30.3 Å². The van der Waals surface area contributed by atoms with E-state index in [1.807, 2.05) is 30.3 Å². The van der Waals surface area contributed by atoms with Crippen LogP contribution < -0.4 is 16.4 Å². The summed E-state index contributed by atoms with van der Waals surface area (Å²) in [6.07, 6.45) is 2.00. The van der Waals surface area contributed by atoms with Gasteiger partial charge in [-0.1, -0.05) is 43.7 Å². The van der Waals surface area contributed by atoms with E-state index in [9.17, 15) is 9.59 Å². The minimum atomic E-state index is -0.835. The van der Waals surface area contributed by atoms with Crippen LogP contribution >= 0.6 is 0 Å². The Morgan fingerprint density at radius 2 is 1.94 bits per heavy atom. The second-order valence-electron chi connectivity index (χ2n) is 4.00. The minimum Gasteiger partial charge on any atom is -0.351 e. The number of amides is 3. The SMILES string of the molecule is CCCCN[C@H](C(=O)NC(N)=O)c1ccccc1. The van der Waals surface area contributed by atoms with Crippen LogP contribution in [0.5, 0.6) is 0 Å². The topological polar surface area (TPSA) is 84.2 Å². The highest BCUT2D eigenvalue weighted by molar-refractivity contribution is 5.96. The molecule has 0 saturated heterocycles. The van der Waals surface area contributed by atoms with Crippen molar-refractivity contribution in [3.63, 3.8) is 0 Å². The molecule has 1 aromatic carbocycles. The van der Waals surface area contributed by atoms with Crippen LogP contribution in [0.25, 0.3) is 0 Å². The van der Waals surface area contributed by atoms with E-state index in [1.54, 1.807) is 0 Å². The summed E-state index contributed by atoms with van der Waals surface area (Å²) in [6, 6.07) is 7.86. The fourth-order valence-corrected chi connectivity index (χ4v) is 1.62. The summed E-state index contributed by atoms with van der Waals surface area (Å²) in [5, 5.41) is 5.23. The molecule has 1 rings (SSSR count). The van der Waals surface area contributed by atoms with Gasteiger partial charge in [0.1, 0.15) is 6.04 Å². The largest absolute Gasteiger partial charge is 0.351 e. The summed E-state index contributed by atoms with van der Waals surface area (Å²) in [4.78, 5) is 22.6. The molecule has 0 fully saturated rings. The molecule has 0 spiro atoms. The van der Waals surface area contributed by atoms with Crippen LogP contribution in [0.2, 0.25) is 0 Å². The number of urea groups is 1. The second kappa shape index (κ2) is 7.45. The Kier molecular flexibility index (Phi) is 5.87. The summed E-state index contributed by atoms with van der Waals surface area (Å²) in [7, 11) is 0. The summed E-state index contributed by atoms with van der Waals surface area (Å²) in [5.41, 5.74) is 5.78. The molecule has 0 aliphatic carbocycles. The third-order valence-electron chi connectivity index (χ3n) is 2.52. The molecule has 0 aromatic heterocycles. The van der Waals surface area contributed by atoms with Crippen LogP contribution in [0.3, 0.4) is 0 Å². The van der Waals surface area contributed by atoms with Crippen LogP contribution in [-0.2, 0) is 4.79 Å². The molecule has 98 valence electrons. The predicted molar refractivity (Wildman–Crippen MR) is 69.8 cm³/mol. The second-order valence-corrected chi connectivity index (χ2v) is 4.00. The summed E-state index contributed by atoms with van der Waals surface area (Å²) < 4.78 is 0. The number of carbonyl (C=O) groups is 2. The lowest BCUT2D eigenvalue weighted by molar-refractivity contribution is -0.122. The predicted octanol–water partition coefficient (Wildman–Crippen LogP) is 1.31. The summed E-state index contributed by atoms with van der Waals surface area (Å²) >= 11 is 0. The van der Waals surface area contributed by atoms with Gasteiger partial charge in [-0.15, -0.1) is 0 Å². The monoisotopic (exact) mass is 249 g/mol. The van der Waals surface area contributed by atoms with Gasteiger partial charge in [0.15, 0.2) is 0 Å². The van der Waals surface area contributed by atoms with Gasteiger partial charge in [0.25, 0.3) is 0 Å². The number of hydrogen-bond donors (Lipinski definition) is 3. The molecular formula is C13H19N3O2. The van der Waals surface area contributed by atoms with Gasteiger partial charge in [-0.05, 0) is 18.5 Å². The first-order valence-corrected chi connectivity index (χ1v) is 6.03. The maximum absolute atomic E-state index is 11.9. The minimum absolute atomic E-state index is 0.426. The number of carbonyl (C=O) groups excluding carboxylic acids is 2. The van der Waals surface area contributed by atoms with E-state index in [-0.39, 0.29) is 0 Å². The van der Waals surface area contributed by atoms with Gasteiger partial charge in [0.05, 0.1) is 0 Å². The Morgan fingerprint density at radius 3 is 2.50 bits per heavy atom. The molecule has 0 unspecified atom stereocenters. The lowest BCUT2D eigenvalue weighted by Crippen LogP contribution is -2.43. The van der Waals surface area contributed by atoms with Crippen molar-refractivity contribution in [2.45, 2.75) is 25.8 Å². The van der Waals surface area contributed by atoms with E-state index in [0.717, 1.165) is 18.4 Å². The lowest BCUT2D eigenvalue weighted by Gasteiger charge is -2.17. The number of nitrogens with two attached hydrogens (primary N) is 1. The molecule has 0 radical (unpaired) electrons. The highest BCUT2D eigenvalue weighted by atomic mass is 16.2. The third-order valence-corrected chi connectivity index (χ3v) is 2.52. The van der Waals surface area contributed by atoms with Gasteiger partial charge in [-0.2, -0.15) is 0 Å². The van der Waals surface area contributed by atoms with Gasteiger partial charge in [-0.25, -0.2) is 4.79 Å². The molecule has 18 heavy (non-hydrogen) atoms. The number of unbranched alkanes of at least 4 members (excludes halogenated alkanes) is 1. The van der Waals surface area contributed by atoms with Gasteiger partial charge in [-0.3, -0.25) is 10.1 Å². The fourth-order valence-electron chi connectivity index (χ4n) is 1.62. The van der Waals surface area contributed by atoms with E-state index in [0.29, 0.717) is 6.54 Å². The van der Waals surface area contributed by atoms with Gasteiger partial charge in [0.2, 0.25) is 5.91 Å². The first kappa shape index (κ1) is 14.2. The van der Waals surface area contributed by atoms with Gasteiger partial charge >= 0.3 is 6.03 Å². The van der Waals surface area contributed by atoms with Crippen molar-refractivity contribution in [3.05, 3.63) is 35.9 Å². The van der Waals surface area contributed by atoms with Gasteiger partial charge in [0, 0.05) is 0 Å². The van der Waals surface area contributed by atoms with Crippen LogP contribution in [-0.4, -0.2) is 18.5 Å². The quantitative estimate of drug-likeness (QED) is 0.665. The molecule has 5 nitrogen and oxygen atoms in total. The zero-order valence-corrected chi connectivity index (χ0v) is 10.5. The normalized spacial score (nSPS) is 11.8. The van der Waals surface area contributed by atoms with Gasteiger partial charge < -0.3 is 11.1 Å². The molecule has 1 aromatic rings. The number of imide groups is 1. The van der Waals surface area contributed by atoms with E-state index < -0.39 is 18.0 Å². The molecule has 0 saturated carbocycles. The van der Waals surface area contributed by atoms with Crippen molar-refractivity contribution < 1.29 is 9.59 Å². The number of hydrogen-bond acceptors (Lipinski definition) is 3. The summed E-state index contributed by atoms with van der Waals surface area (Å²) in [6.45, 7) is 2.78. The number of nitrogens with one attached hydrogen (secondary N) is 2. The molecule has 5 heteroatoms. The van der Waals surface area contributed by atoms with Crippen molar-refractivity contribution >= 4 is 11.9 Å². The number of rotatable bonds is 6. The standard InChI is InChI=1S/C13H19N3O2/c1-2-3-9-15-11(12(17)16-13(14)18)10-7-5-4-6-8-10/h4-8,11,15H,2-3,9H2,1H3,(H3,14,16,17,18)/t11-/m0/s1. The highest BCUT2D eigenvalue weighted by Gasteiger charge is 2.20. The molecule has 0 aliphatic heterocycles. The summed E-state index contributed by atoms with van der Waals surface area (Å²) in [5.74, 6) is -0.426. The average molecular weight is 249 g/mol. The average Bonchev–Trinajstić information content (AvgIpc) is 2.35. The zero-order valence-electron chi connectivity index (χ0n) is 10.5. The third kappa shape index (κ3) is 4.55. The lowest BCUT2D eigenvalue weighted by atomic mass is 10.1. The Morgan fingerprint density at radius 1 is 1.28 bits per heavy atom. The highest BCUT2D eigenvalue weighted by Crippen LogP contribution is 2.12. The van der Waals surface area contributed by atoms with Crippen molar-refractivity contribution in [3.8, 4) is 0 Å². The Labute approximate surface area is 107 Å². The van der Waals surface area contributed by atoms with Crippen LogP contribution in [0.4, 0.5) is 4.79 Å². The smallest absolute Gasteiger partial charge is 0.318 e. The first-order chi connectivity index (χ1) is 8.65. The molecule has 4 N–H and O–H groups in total. The van der Waals surface area contributed by atoms with Crippen molar-refractivity contribution in [2.24, 2.45) is 5.73 Å². The Bertz CT molecular complexity index is 392. The van der Waals surface area contributed by atoms with Crippen LogP contribution in [0.1, 0.15) is 31.4 Å². The molecular weight excluding hydrogens is 230 g/mol. The van der Waals surface area contributed by atoms with E-state index in [2.05, 4.69) is 17.6 Å².